The van der Waals surface area contributed by atoms with Crippen molar-refractivity contribution in [2.45, 2.75) is 6.54 Å². The van der Waals surface area contributed by atoms with Crippen molar-refractivity contribution in [1.29, 1.82) is 0 Å². The van der Waals surface area contributed by atoms with E-state index in [1.807, 2.05) is 42.1 Å². The first-order valence-electron chi connectivity index (χ1n) is 5.95. The maximum absolute atomic E-state index is 5.98. The number of benzene rings is 1. The zero-order valence-corrected chi connectivity index (χ0v) is 10.9. The fourth-order valence-corrected chi connectivity index (χ4v) is 2.13. The number of nitrogen functional groups attached to an aromatic ring is 1. The molecule has 0 fully saturated rings. The molecule has 1 aromatic carbocycles. The largest absolute Gasteiger partial charge is 0.497 e. The molecule has 0 atom stereocenters. The number of aromatic nitrogens is 4. The standard InChI is InChI=1S/C13H15N5O/c1-17-6-5-9(16-17)8-18-12-4-3-10(19-2)7-11(12)15-13(18)14/h3-7H,8H2,1-2H3,(H2,14,15). The number of aryl methyl sites for hydroxylation is 1. The van der Waals surface area contributed by atoms with E-state index in [1.54, 1.807) is 11.8 Å². The first kappa shape index (κ1) is 11.6. The van der Waals surface area contributed by atoms with Crippen LogP contribution in [0.5, 0.6) is 5.75 Å². The molecule has 0 amide bonds. The Morgan fingerprint density at radius 2 is 2.16 bits per heavy atom. The Balaban J connectivity index is 2.05. The number of hydrogen-bond acceptors (Lipinski definition) is 4. The number of nitrogens with zero attached hydrogens (tertiary/aromatic N) is 4. The minimum absolute atomic E-state index is 0.480. The third kappa shape index (κ3) is 2.01. The van der Waals surface area contributed by atoms with Gasteiger partial charge in [0.05, 0.1) is 30.4 Å². The summed E-state index contributed by atoms with van der Waals surface area (Å²) in [6.45, 7) is 0.607. The number of imidazole rings is 1. The number of rotatable bonds is 3. The second-order valence-electron chi connectivity index (χ2n) is 4.39. The first-order valence-corrected chi connectivity index (χ1v) is 5.95. The average Bonchev–Trinajstić information content (AvgIpc) is 2.94. The van der Waals surface area contributed by atoms with Gasteiger partial charge in [-0.3, -0.25) is 4.68 Å². The summed E-state index contributed by atoms with van der Waals surface area (Å²) < 4.78 is 8.90. The maximum atomic E-state index is 5.98. The number of fused-ring (bicyclic) bond motifs is 1. The molecular weight excluding hydrogens is 242 g/mol. The number of hydrogen-bond donors (Lipinski definition) is 1. The minimum atomic E-state index is 0.480. The topological polar surface area (TPSA) is 70.9 Å². The van der Waals surface area contributed by atoms with Crippen LogP contribution in [0.2, 0.25) is 0 Å². The Bertz CT molecular complexity index is 728. The number of ether oxygens (including phenoxy) is 1. The molecule has 0 saturated heterocycles. The van der Waals surface area contributed by atoms with Gasteiger partial charge in [0.2, 0.25) is 5.95 Å². The van der Waals surface area contributed by atoms with Gasteiger partial charge in [0.1, 0.15) is 5.75 Å². The third-order valence-electron chi connectivity index (χ3n) is 3.07. The summed E-state index contributed by atoms with van der Waals surface area (Å²) in [6.07, 6.45) is 1.91. The summed E-state index contributed by atoms with van der Waals surface area (Å²) in [4.78, 5) is 4.35. The summed E-state index contributed by atoms with van der Waals surface area (Å²) >= 11 is 0. The molecule has 6 nitrogen and oxygen atoms in total. The molecule has 3 rings (SSSR count). The molecular formula is C13H15N5O. The molecule has 3 aromatic rings. The summed E-state index contributed by atoms with van der Waals surface area (Å²) in [5.74, 6) is 1.25. The number of methoxy groups -OCH3 is 1. The van der Waals surface area contributed by atoms with Gasteiger partial charge in [-0.05, 0) is 18.2 Å². The van der Waals surface area contributed by atoms with Crippen LogP contribution in [-0.4, -0.2) is 26.4 Å². The van der Waals surface area contributed by atoms with Gasteiger partial charge >= 0.3 is 0 Å². The first-order chi connectivity index (χ1) is 9.17. The van der Waals surface area contributed by atoms with Gasteiger partial charge in [0.25, 0.3) is 0 Å². The van der Waals surface area contributed by atoms with Crippen molar-refractivity contribution in [2.75, 3.05) is 12.8 Å². The van der Waals surface area contributed by atoms with E-state index in [0.717, 1.165) is 22.5 Å². The highest BCUT2D eigenvalue weighted by Crippen LogP contribution is 2.23. The van der Waals surface area contributed by atoms with E-state index < -0.39 is 0 Å². The van der Waals surface area contributed by atoms with Gasteiger partial charge < -0.3 is 15.0 Å². The molecule has 98 valence electrons. The number of nitrogens with two attached hydrogens (primary N) is 1. The lowest BCUT2D eigenvalue weighted by Crippen LogP contribution is -2.05. The smallest absolute Gasteiger partial charge is 0.201 e. The molecule has 0 bridgehead atoms. The lowest BCUT2D eigenvalue weighted by Gasteiger charge is -2.04. The third-order valence-corrected chi connectivity index (χ3v) is 3.07. The molecule has 0 aliphatic carbocycles. The van der Waals surface area contributed by atoms with Crippen molar-refractivity contribution >= 4 is 17.0 Å². The van der Waals surface area contributed by atoms with Crippen molar-refractivity contribution in [3.63, 3.8) is 0 Å². The van der Waals surface area contributed by atoms with Crippen LogP contribution < -0.4 is 10.5 Å². The highest BCUT2D eigenvalue weighted by Gasteiger charge is 2.10. The van der Waals surface area contributed by atoms with Gasteiger partial charge in [0.15, 0.2) is 0 Å². The quantitative estimate of drug-likeness (QED) is 0.770. The Kier molecular flexibility index (Phi) is 2.63. The van der Waals surface area contributed by atoms with Gasteiger partial charge in [-0.1, -0.05) is 0 Å². The molecule has 0 unspecified atom stereocenters. The monoisotopic (exact) mass is 257 g/mol. The Morgan fingerprint density at radius 1 is 1.32 bits per heavy atom. The highest BCUT2D eigenvalue weighted by molar-refractivity contribution is 5.80. The predicted molar refractivity (Wildman–Crippen MR) is 73.0 cm³/mol. The van der Waals surface area contributed by atoms with Gasteiger partial charge in [-0.15, -0.1) is 0 Å². The van der Waals surface area contributed by atoms with E-state index in [0.29, 0.717) is 12.5 Å². The summed E-state index contributed by atoms with van der Waals surface area (Å²) in [5, 5.41) is 4.36. The Morgan fingerprint density at radius 3 is 2.84 bits per heavy atom. The molecule has 6 heteroatoms. The van der Waals surface area contributed by atoms with Gasteiger partial charge in [-0.25, -0.2) is 4.98 Å². The zero-order valence-electron chi connectivity index (χ0n) is 10.9. The van der Waals surface area contributed by atoms with E-state index in [1.165, 1.54) is 0 Å². The maximum Gasteiger partial charge on any atom is 0.201 e. The van der Waals surface area contributed by atoms with Crippen molar-refractivity contribution in [1.82, 2.24) is 19.3 Å². The van der Waals surface area contributed by atoms with Crippen LogP contribution in [0.25, 0.3) is 11.0 Å². The fourth-order valence-electron chi connectivity index (χ4n) is 2.13. The predicted octanol–water partition coefficient (Wildman–Crippen LogP) is 1.41. The Hall–Kier alpha value is -2.50. The van der Waals surface area contributed by atoms with Crippen molar-refractivity contribution in [3.05, 3.63) is 36.2 Å². The summed E-state index contributed by atoms with van der Waals surface area (Å²) in [7, 11) is 3.53. The van der Waals surface area contributed by atoms with Crippen LogP contribution >= 0.6 is 0 Å². The molecule has 19 heavy (non-hydrogen) atoms. The van der Waals surface area contributed by atoms with E-state index in [2.05, 4.69) is 10.1 Å². The van der Waals surface area contributed by atoms with Crippen LogP contribution in [0.3, 0.4) is 0 Å². The second kappa shape index (κ2) is 4.31. The van der Waals surface area contributed by atoms with E-state index in [4.69, 9.17) is 10.5 Å². The van der Waals surface area contributed by atoms with Crippen LogP contribution in [0.15, 0.2) is 30.5 Å². The minimum Gasteiger partial charge on any atom is -0.497 e. The molecule has 0 saturated carbocycles. The lowest BCUT2D eigenvalue weighted by molar-refractivity contribution is 0.415. The second-order valence-corrected chi connectivity index (χ2v) is 4.39. The van der Waals surface area contributed by atoms with Crippen LogP contribution in [0.1, 0.15) is 5.69 Å². The van der Waals surface area contributed by atoms with Crippen molar-refractivity contribution < 1.29 is 4.74 Å². The molecule has 2 heterocycles. The molecule has 2 aromatic heterocycles. The van der Waals surface area contributed by atoms with Gasteiger partial charge in [-0.2, -0.15) is 5.10 Å². The van der Waals surface area contributed by atoms with E-state index in [9.17, 15) is 0 Å². The number of anilines is 1. The van der Waals surface area contributed by atoms with Gasteiger partial charge in [0, 0.05) is 19.3 Å². The fraction of sp³-hybridized carbons (Fsp3) is 0.231. The molecule has 0 radical (unpaired) electrons. The average molecular weight is 257 g/mol. The SMILES string of the molecule is COc1ccc2c(c1)nc(N)n2Cc1ccn(C)n1. The molecule has 0 aliphatic rings. The van der Waals surface area contributed by atoms with Crippen LogP contribution in [0.4, 0.5) is 5.95 Å². The molecule has 2 N–H and O–H groups in total. The van der Waals surface area contributed by atoms with Crippen LogP contribution in [0, 0.1) is 0 Å². The highest BCUT2D eigenvalue weighted by atomic mass is 16.5. The Labute approximate surface area is 110 Å². The summed E-state index contributed by atoms with van der Waals surface area (Å²) in [6, 6.07) is 7.70. The summed E-state index contributed by atoms with van der Waals surface area (Å²) in [5.41, 5.74) is 8.73. The van der Waals surface area contributed by atoms with Crippen molar-refractivity contribution in [3.8, 4) is 5.75 Å². The lowest BCUT2D eigenvalue weighted by atomic mass is 10.3. The molecule has 0 spiro atoms. The van der Waals surface area contributed by atoms with Crippen molar-refractivity contribution in [2.24, 2.45) is 7.05 Å². The molecule has 0 aliphatic heterocycles. The van der Waals surface area contributed by atoms with Crippen LogP contribution in [-0.2, 0) is 13.6 Å². The normalized spacial score (nSPS) is 11.1. The van der Waals surface area contributed by atoms with E-state index in [-0.39, 0.29) is 0 Å². The zero-order chi connectivity index (χ0) is 13.4. The van der Waals surface area contributed by atoms with E-state index >= 15 is 0 Å².